The minimum atomic E-state index is -0.582. The normalized spacial score (nSPS) is 10.8. The highest BCUT2D eigenvalue weighted by Gasteiger charge is 2.16. The Kier molecular flexibility index (Phi) is 8.61. The molecule has 3 N–H and O–H groups in total. The van der Waals surface area contributed by atoms with Crippen molar-refractivity contribution >= 4 is 29.3 Å². The van der Waals surface area contributed by atoms with Crippen molar-refractivity contribution in [2.45, 2.75) is 59.0 Å². The topological polar surface area (TPSA) is 96.5 Å². The molecule has 1 rings (SSSR count). The number of unbranched alkanes of at least 4 members (excludes halogenated alkanes) is 1. The number of carbonyl (C=O) groups excluding carboxylic acids is 3. The maximum Gasteiger partial charge on any atom is 0.407 e. The number of hydrogen-bond acceptors (Lipinski definition) is 4. The maximum atomic E-state index is 12.1. The lowest BCUT2D eigenvalue weighted by Crippen LogP contribution is -2.34. The zero-order valence-electron chi connectivity index (χ0n) is 16.0. The highest BCUT2D eigenvalue weighted by atomic mass is 16.6. The second-order valence-electron chi connectivity index (χ2n) is 6.92. The lowest BCUT2D eigenvalue weighted by Gasteiger charge is -2.19. The first kappa shape index (κ1) is 21.5. The van der Waals surface area contributed by atoms with Gasteiger partial charge in [0.1, 0.15) is 5.60 Å². The molecule has 0 saturated heterocycles. The van der Waals surface area contributed by atoms with Crippen molar-refractivity contribution in [2.75, 3.05) is 17.2 Å². The first-order valence-corrected chi connectivity index (χ1v) is 8.87. The van der Waals surface area contributed by atoms with Crippen LogP contribution in [0.2, 0.25) is 0 Å². The molecule has 0 saturated carbocycles. The number of ether oxygens (including phenoxy) is 1. The van der Waals surface area contributed by atoms with Crippen LogP contribution < -0.4 is 16.0 Å². The van der Waals surface area contributed by atoms with Crippen molar-refractivity contribution in [3.8, 4) is 0 Å². The van der Waals surface area contributed by atoms with Crippen LogP contribution in [-0.2, 0) is 14.3 Å². The minimum absolute atomic E-state index is 0.0832. The molecule has 0 aliphatic carbocycles. The van der Waals surface area contributed by atoms with Gasteiger partial charge >= 0.3 is 6.09 Å². The number of nitrogens with one attached hydrogen (secondary N) is 3. The molecule has 7 nitrogen and oxygen atoms in total. The van der Waals surface area contributed by atoms with Crippen LogP contribution in [0.15, 0.2) is 24.3 Å². The second kappa shape index (κ2) is 10.4. The number of hydrogen-bond donors (Lipinski definition) is 3. The van der Waals surface area contributed by atoms with E-state index in [2.05, 4.69) is 16.0 Å². The minimum Gasteiger partial charge on any atom is -0.444 e. The molecule has 144 valence electrons. The third-order valence-corrected chi connectivity index (χ3v) is 3.25. The number of alkyl carbamates (subject to hydrolysis) is 1. The summed E-state index contributed by atoms with van der Waals surface area (Å²) in [5, 5.41) is 8.09. The van der Waals surface area contributed by atoms with Crippen LogP contribution in [0.3, 0.4) is 0 Å². The van der Waals surface area contributed by atoms with E-state index in [4.69, 9.17) is 4.74 Å². The van der Waals surface area contributed by atoms with Crippen molar-refractivity contribution in [2.24, 2.45) is 0 Å². The van der Waals surface area contributed by atoms with Crippen LogP contribution in [-0.4, -0.2) is 30.1 Å². The fraction of sp³-hybridized carbons (Fsp3) is 0.526. The molecule has 0 bridgehead atoms. The van der Waals surface area contributed by atoms with E-state index in [0.717, 1.165) is 12.8 Å². The number of amides is 3. The average Bonchev–Trinajstić information content (AvgIpc) is 2.53. The summed E-state index contributed by atoms with van der Waals surface area (Å²) in [4.78, 5) is 35.5. The Morgan fingerprint density at radius 2 is 1.50 bits per heavy atom. The van der Waals surface area contributed by atoms with E-state index < -0.39 is 11.7 Å². The van der Waals surface area contributed by atoms with Gasteiger partial charge < -0.3 is 20.7 Å². The molecule has 0 atom stereocenters. The second-order valence-corrected chi connectivity index (χ2v) is 6.92. The van der Waals surface area contributed by atoms with E-state index in [9.17, 15) is 14.4 Å². The molecule has 0 unspecified atom stereocenters. The third kappa shape index (κ3) is 9.05. The average molecular weight is 363 g/mol. The van der Waals surface area contributed by atoms with Crippen molar-refractivity contribution in [1.82, 2.24) is 5.32 Å². The molecule has 1 aromatic rings. The van der Waals surface area contributed by atoms with Gasteiger partial charge in [0.05, 0.1) is 11.4 Å². The Labute approximate surface area is 154 Å². The third-order valence-electron chi connectivity index (χ3n) is 3.25. The molecule has 0 aliphatic heterocycles. The van der Waals surface area contributed by atoms with E-state index in [1.165, 1.54) is 0 Å². The number of para-hydroxylation sites is 2. The van der Waals surface area contributed by atoms with E-state index in [0.29, 0.717) is 17.8 Å². The summed E-state index contributed by atoms with van der Waals surface area (Å²) < 4.78 is 5.10. The van der Waals surface area contributed by atoms with E-state index in [1.54, 1.807) is 45.0 Å². The quantitative estimate of drug-likeness (QED) is 0.656. The number of rotatable bonds is 8. The lowest BCUT2D eigenvalue weighted by atomic mass is 10.2. The maximum absolute atomic E-state index is 12.1. The van der Waals surface area contributed by atoms with Gasteiger partial charge in [0.15, 0.2) is 0 Å². The molecule has 0 aromatic heterocycles. The highest BCUT2D eigenvalue weighted by Crippen LogP contribution is 2.21. The molecule has 0 radical (unpaired) electrons. The summed E-state index contributed by atoms with van der Waals surface area (Å²) >= 11 is 0. The van der Waals surface area contributed by atoms with E-state index >= 15 is 0 Å². The lowest BCUT2D eigenvalue weighted by molar-refractivity contribution is -0.117. The first-order valence-electron chi connectivity index (χ1n) is 8.87. The summed E-state index contributed by atoms with van der Waals surface area (Å²) in [6.45, 7) is 7.49. The Hall–Kier alpha value is -2.57. The fourth-order valence-electron chi connectivity index (χ4n) is 2.06. The largest absolute Gasteiger partial charge is 0.444 e. The zero-order chi connectivity index (χ0) is 19.6. The molecule has 3 amide bonds. The molecule has 26 heavy (non-hydrogen) atoms. The Morgan fingerprint density at radius 3 is 2.00 bits per heavy atom. The molecule has 1 aromatic carbocycles. The fourth-order valence-corrected chi connectivity index (χ4v) is 2.06. The SMILES string of the molecule is CCCCC(=O)Nc1ccccc1NC(=O)CCNC(=O)OC(C)(C)C. The number of benzene rings is 1. The van der Waals surface area contributed by atoms with Gasteiger partial charge in [-0.2, -0.15) is 0 Å². The van der Waals surface area contributed by atoms with Gasteiger partial charge in [0.25, 0.3) is 0 Å². The van der Waals surface area contributed by atoms with Gasteiger partial charge in [-0.3, -0.25) is 9.59 Å². The summed E-state index contributed by atoms with van der Waals surface area (Å²) in [5.74, 6) is -0.351. The molecular formula is C19H29N3O4. The van der Waals surface area contributed by atoms with Crippen LogP contribution in [0.1, 0.15) is 53.4 Å². The predicted octanol–water partition coefficient (Wildman–Crippen LogP) is 3.67. The van der Waals surface area contributed by atoms with Crippen molar-refractivity contribution in [3.63, 3.8) is 0 Å². The summed E-state index contributed by atoms with van der Waals surface area (Å²) in [6.07, 6.45) is 1.73. The molecule has 7 heteroatoms. The molecular weight excluding hydrogens is 334 g/mol. The summed E-state index contributed by atoms with van der Waals surface area (Å²) in [6, 6.07) is 7.01. The van der Waals surface area contributed by atoms with Crippen molar-refractivity contribution in [3.05, 3.63) is 24.3 Å². The monoisotopic (exact) mass is 363 g/mol. The number of carbonyl (C=O) groups is 3. The highest BCUT2D eigenvalue weighted by molar-refractivity contribution is 5.99. The van der Waals surface area contributed by atoms with Gasteiger partial charge in [0.2, 0.25) is 11.8 Å². The van der Waals surface area contributed by atoms with Crippen LogP contribution in [0.4, 0.5) is 16.2 Å². The van der Waals surface area contributed by atoms with E-state index in [-0.39, 0.29) is 24.8 Å². The molecule has 0 aliphatic rings. The number of anilines is 2. The Balaban J connectivity index is 2.49. The van der Waals surface area contributed by atoms with Crippen LogP contribution >= 0.6 is 0 Å². The van der Waals surface area contributed by atoms with Crippen molar-refractivity contribution < 1.29 is 19.1 Å². The summed E-state index contributed by atoms with van der Waals surface area (Å²) in [5.41, 5.74) is 0.503. The van der Waals surface area contributed by atoms with E-state index in [1.807, 2.05) is 6.92 Å². The molecule has 0 spiro atoms. The molecule has 0 heterocycles. The smallest absolute Gasteiger partial charge is 0.407 e. The van der Waals surface area contributed by atoms with Crippen LogP contribution in [0.25, 0.3) is 0 Å². The van der Waals surface area contributed by atoms with Gasteiger partial charge in [-0.15, -0.1) is 0 Å². The molecule has 0 fully saturated rings. The standard InChI is InChI=1S/C19H29N3O4/c1-5-6-11-16(23)21-14-9-7-8-10-15(14)22-17(24)12-13-20-18(25)26-19(2,3)4/h7-10H,5-6,11-13H2,1-4H3,(H,20,25)(H,21,23)(H,22,24). The van der Waals surface area contributed by atoms with Crippen molar-refractivity contribution in [1.29, 1.82) is 0 Å². The predicted molar refractivity (Wildman–Crippen MR) is 102 cm³/mol. The first-order chi connectivity index (χ1) is 12.2. The van der Waals surface area contributed by atoms with Crippen LogP contribution in [0, 0.1) is 0 Å². The van der Waals surface area contributed by atoms with Gasteiger partial charge in [0, 0.05) is 19.4 Å². The van der Waals surface area contributed by atoms with Gasteiger partial charge in [-0.25, -0.2) is 4.79 Å². The Bertz CT molecular complexity index is 623. The van der Waals surface area contributed by atoms with Crippen LogP contribution in [0.5, 0.6) is 0 Å². The zero-order valence-corrected chi connectivity index (χ0v) is 16.0. The summed E-state index contributed by atoms with van der Waals surface area (Å²) in [7, 11) is 0. The van der Waals surface area contributed by atoms with Gasteiger partial charge in [-0.1, -0.05) is 25.5 Å². The van der Waals surface area contributed by atoms with Gasteiger partial charge in [-0.05, 0) is 39.3 Å². The Morgan fingerprint density at radius 1 is 0.962 bits per heavy atom.